The summed E-state index contributed by atoms with van der Waals surface area (Å²) in [5.41, 5.74) is 0. The normalized spacial score (nSPS) is 31.6. The lowest BCUT2D eigenvalue weighted by molar-refractivity contribution is -0.388. The molecule has 41 nitrogen and oxygen atoms in total. The summed E-state index contributed by atoms with van der Waals surface area (Å²) < 4.78 is 58.3. The van der Waals surface area contributed by atoms with Gasteiger partial charge in [0.25, 0.3) is 17.4 Å². The zero-order chi connectivity index (χ0) is 95.6. The minimum absolute atomic E-state index is 0.123. The Morgan fingerprint density at radius 3 is 1.14 bits per heavy atom. The monoisotopic (exact) mass is 1860 g/mol. The number of aliphatic hydroxyl groups is 17. The lowest BCUT2D eigenvalue weighted by Gasteiger charge is -2.51. The van der Waals surface area contributed by atoms with E-state index in [1.165, 1.54) is 147 Å². The summed E-state index contributed by atoms with van der Waals surface area (Å²) in [6.07, 6.45) is -12.8. The summed E-state index contributed by atoms with van der Waals surface area (Å²) in [6, 6.07) is -7.03. The molecule has 0 spiro atoms. The van der Waals surface area contributed by atoms with Gasteiger partial charge in [0.1, 0.15) is 104 Å². The molecule has 41 heteroatoms. The number of nitrogens with one attached hydrogen (secondary N) is 4. The van der Waals surface area contributed by atoms with E-state index in [-0.39, 0.29) is 6.42 Å². The number of hydrogen-bond acceptors (Lipinski definition) is 34. The predicted octanol–water partition coefficient (Wildman–Crippen LogP) is 0.244. The fourth-order valence-corrected chi connectivity index (χ4v) is 17.4. The Labute approximate surface area is 755 Å². The number of carboxylic acids is 3. The number of amides is 4. The van der Waals surface area contributed by atoms with Gasteiger partial charge in [-0.25, -0.2) is 14.4 Å². The SMILES string of the molecule is CCCCCCCCCCCCC/C=C/[C@@H](O)[C@H](CO[C@@H]1O[C@H](CO)[C@@H](O[C@@H]2O[C@H](CO)[C@H](O)[C@H](O[C@]3(C(=O)O)C[C@H](O)[C@@H](NC(C)=O)C([C@H](O)[C@@H](CO)O[C@]4(C(=O)O)C[C@H](O)[C@@H](NC(C)=O)C([C@H](O)[C@@H](CO)O[C@]5(C(=O)O)C[C@H](O)[C@@H](NC(C)=O)C([C@H](O)[C@H](O)CO)O5)O4)O3)[C@H]2O)[C@H](O)[C@H]1O)NC(=O)CCCCCCCCCCCCCCCCCCCCCCCC. The maximum absolute atomic E-state index is 13.8. The molecule has 5 heterocycles. The molecule has 0 aromatic carbocycles. The molecule has 5 rings (SSSR count). The Morgan fingerprint density at radius 2 is 0.775 bits per heavy atom. The highest BCUT2D eigenvalue weighted by molar-refractivity contribution is 5.79. The standard InChI is InChI=1S/C88H156N4O37/c1-6-8-10-12-14-16-18-20-21-22-23-24-25-26-27-28-30-32-34-36-38-40-42-65(106)92-55(56(101)41-39-37-35-33-31-29-19-17-15-13-11-9-7-2)51-120-81-74(112)73(111)76(64(50-97)122-81)123-82-75(113)80(70(108)61(47-94)121-82)129-88(85(118)119)45-59(104)68(91-54(5)100)79(128-88)72(110)63(49-96)125-87(84(116)117)44-58(103)67(90-53(4)99)78(127-87)71(109)62(48-95)124-86(83(114)115)43-57(102)66(89-52(3)98)77(126-86)69(107)60(105)46-93/h39,41,55-64,66-82,93-97,101-105,107-113H,6-38,40,42-51H2,1-5H3,(H,89,98)(H,90,99)(H,91,100)(H,92,106)(H,114,115)(H,116,117)(H,118,119)/b41-39+/t55-,56+,57-,58-,59-,60+,61+,62+,63+,64+,66+,67+,68+,69+,70-,71+,72+,73+,74+,75+,76+,77?,78?,79?,80-,81+,82-,86+,87+,88-/m0/s1. The number of unbranched alkanes of at least 4 members (excludes halogenated alkanes) is 32. The molecule has 0 aliphatic carbocycles. The van der Waals surface area contributed by atoms with Crippen molar-refractivity contribution in [3.63, 3.8) is 0 Å². The van der Waals surface area contributed by atoms with E-state index in [1.54, 1.807) is 6.08 Å². The summed E-state index contributed by atoms with van der Waals surface area (Å²) in [7, 11) is 0. The van der Waals surface area contributed by atoms with E-state index in [2.05, 4.69) is 35.1 Å². The second-order valence-electron chi connectivity index (χ2n) is 35.3. The van der Waals surface area contributed by atoms with Crippen LogP contribution in [0.5, 0.6) is 0 Å². The summed E-state index contributed by atoms with van der Waals surface area (Å²) in [4.78, 5) is 92.3. The van der Waals surface area contributed by atoms with Gasteiger partial charge in [-0.05, 0) is 19.3 Å². The number of aliphatic carboxylic acids is 3. The second kappa shape index (κ2) is 59.7. The third kappa shape index (κ3) is 35.9. The van der Waals surface area contributed by atoms with Crippen LogP contribution >= 0.6 is 0 Å². The van der Waals surface area contributed by atoms with Gasteiger partial charge in [0.2, 0.25) is 23.6 Å². The Bertz CT molecular complexity index is 3230. The minimum Gasteiger partial charge on any atom is -0.477 e. The number of carbonyl (C=O) groups is 7. The van der Waals surface area contributed by atoms with Crippen LogP contribution in [0.3, 0.4) is 0 Å². The summed E-state index contributed by atoms with van der Waals surface area (Å²) in [5, 5.41) is 235. The topological polar surface area (TPSA) is 665 Å². The van der Waals surface area contributed by atoms with Crippen LogP contribution in [0, 0.1) is 0 Å². The second-order valence-corrected chi connectivity index (χ2v) is 35.3. The van der Waals surface area contributed by atoms with Gasteiger partial charge in [-0.1, -0.05) is 225 Å². The van der Waals surface area contributed by atoms with E-state index >= 15 is 0 Å². The van der Waals surface area contributed by atoms with Crippen LogP contribution < -0.4 is 21.3 Å². The molecule has 5 fully saturated rings. The first-order valence-electron chi connectivity index (χ1n) is 46.8. The minimum atomic E-state index is -3.58. The number of carboxylic acid groups (broad SMARTS) is 3. The van der Waals surface area contributed by atoms with Gasteiger partial charge in [-0.15, -0.1) is 0 Å². The maximum atomic E-state index is 13.8. The number of hydrogen-bond donors (Lipinski definition) is 24. The van der Waals surface area contributed by atoms with E-state index in [0.29, 0.717) is 12.8 Å². The smallest absolute Gasteiger partial charge is 0.364 e. The van der Waals surface area contributed by atoms with Gasteiger partial charge in [0.15, 0.2) is 12.6 Å². The van der Waals surface area contributed by atoms with Crippen molar-refractivity contribution in [3.8, 4) is 0 Å². The van der Waals surface area contributed by atoms with Gasteiger partial charge in [0, 0.05) is 46.5 Å². The van der Waals surface area contributed by atoms with Crippen molar-refractivity contribution >= 4 is 41.5 Å². The Kier molecular flexibility index (Phi) is 53.0. The molecule has 24 N–H and O–H groups in total. The maximum Gasteiger partial charge on any atom is 0.364 e. The molecule has 0 radical (unpaired) electrons. The van der Waals surface area contributed by atoms with Crippen LogP contribution in [0.1, 0.15) is 279 Å². The highest BCUT2D eigenvalue weighted by atomic mass is 16.8. The summed E-state index contributed by atoms with van der Waals surface area (Å²) in [5.74, 6) is -20.6. The molecule has 0 aromatic rings. The predicted molar refractivity (Wildman–Crippen MR) is 457 cm³/mol. The van der Waals surface area contributed by atoms with E-state index in [9.17, 15) is 136 Å². The van der Waals surface area contributed by atoms with Crippen LogP contribution in [0.4, 0.5) is 0 Å². The van der Waals surface area contributed by atoms with Crippen LogP contribution in [0.2, 0.25) is 0 Å². The molecule has 4 amide bonds. The molecule has 5 saturated heterocycles. The van der Waals surface area contributed by atoms with Crippen LogP contribution in [-0.4, -0.2) is 366 Å². The van der Waals surface area contributed by atoms with Gasteiger partial charge in [0.05, 0.1) is 88.2 Å². The van der Waals surface area contributed by atoms with Gasteiger partial charge >= 0.3 is 17.9 Å². The van der Waals surface area contributed by atoms with Crippen molar-refractivity contribution in [3.05, 3.63) is 12.2 Å². The van der Waals surface area contributed by atoms with Crippen molar-refractivity contribution < 1.29 is 183 Å². The average Bonchev–Trinajstić information content (AvgIpc) is 0.750. The largest absolute Gasteiger partial charge is 0.477 e. The lowest BCUT2D eigenvalue weighted by atomic mass is 9.86. The Morgan fingerprint density at radius 1 is 0.419 bits per heavy atom. The van der Waals surface area contributed by atoms with Crippen LogP contribution in [-0.2, 0) is 80.9 Å². The number of aliphatic hydroxyl groups excluding tert-OH is 17. The molecular formula is C88H156N4O37. The highest BCUT2D eigenvalue weighted by Crippen LogP contribution is 2.43. The lowest BCUT2D eigenvalue weighted by Crippen LogP contribution is -2.72. The number of allylic oxidation sites excluding steroid dienone is 1. The van der Waals surface area contributed by atoms with Gasteiger partial charge in [-0.3, -0.25) is 19.2 Å². The zero-order valence-corrected chi connectivity index (χ0v) is 75.7. The van der Waals surface area contributed by atoms with E-state index in [0.717, 1.165) is 85.0 Å². The first-order valence-corrected chi connectivity index (χ1v) is 46.8. The molecule has 3 unspecified atom stereocenters. The zero-order valence-electron chi connectivity index (χ0n) is 75.7. The van der Waals surface area contributed by atoms with E-state index < -0.39 is 283 Å². The van der Waals surface area contributed by atoms with Crippen molar-refractivity contribution in [1.29, 1.82) is 0 Å². The number of rotatable bonds is 66. The fraction of sp³-hybridized carbons (Fsp3) is 0.898. The first-order chi connectivity index (χ1) is 61.5. The molecule has 0 saturated carbocycles. The van der Waals surface area contributed by atoms with E-state index in [1.807, 2.05) is 0 Å². The molecule has 5 aliphatic rings. The Hall–Kier alpha value is -5.05. The average molecular weight is 1860 g/mol. The Balaban J connectivity index is 1.31. The van der Waals surface area contributed by atoms with Crippen molar-refractivity contribution in [2.24, 2.45) is 0 Å². The summed E-state index contributed by atoms with van der Waals surface area (Å²) in [6.45, 7) is -0.0394. The molecule has 0 bridgehead atoms. The number of ether oxygens (including phenoxy) is 10. The molecule has 0 aromatic heterocycles. The van der Waals surface area contributed by atoms with Gasteiger partial charge < -0.3 is 171 Å². The fourth-order valence-electron chi connectivity index (χ4n) is 17.4. The highest BCUT2D eigenvalue weighted by Gasteiger charge is 2.64. The third-order valence-corrected chi connectivity index (χ3v) is 24.7. The third-order valence-electron chi connectivity index (χ3n) is 24.7. The van der Waals surface area contributed by atoms with E-state index in [4.69, 9.17) is 47.4 Å². The van der Waals surface area contributed by atoms with Crippen LogP contribution in [0.25, 0.3) is 0 Å². The molecular weight excluding hydrogens is 1700 g/mol. The molecule has 129 heavy (non-hydrogen) atoms. The van der Waals surface area contributed by atoms with Crippen molar-refractivity contribution in [2.45, 2.75) is 461 Å². The molecule has 750 valence electrons. The van der Waals surface area contributed by atoms with Crippen molar-refractivity contribution in [1.82, 2.24) is 21.3 Å². The quantitative estimate of drug-likeness (QED) is 0.0286. The number of carbonyl (C=O) groups excluding carboxylic acids is 4. The summed E-state index contributed by atoms with van der Waals surface area (Å²) >= 11 is 0. The van der Waals surface area contributed by atoms with Crippen molar-refractivity contribution in [2.75, 3.05) is 39.6 Å². The molecule has 5 aliphatic heterocycles. The van der Waals surface area contributed by atoms with Crippen LogP contribution in [0.15, 0.2) is 12.2 Å². The molecule has 30 atom stereocenters. The van der Waals surface area contributed by atoms with Gasteiger partial charge in [-0.2, -0.15) is 0 Å². The first kappa shape index (κ1) is 114.